The number of hydrogen-bond donors (Lipinski definition) is 0. The van der Waals surface area contributed by atoms with Crippen LogP contribution in [0.3, 0.4) is 0 Å². The van der Waals surface area contributed by atoms with Crippen LogP contribution in [0, 0.1) is 17.8 Å². The van der Waals surface area contributed by atoms with Crippen LogP contribution in [-0.2, 0) is 0 Å². The average molecular weight is 690 g/mol. The third-order valence-electron chi connectivity index (χ3n) is 12.1. The van der Waals surface area contributed by atoms with Gasteiger partial charge in [0, 0.05) is 0 Å². The maximum absolute atomic E-state index is 2.63. The molecule has 3 atom stereocenters. The highest BCUT2D eigenvalue weighted by Gasteiger charge is 2.12. The van der Waals surface area contributed by atoms with Crippen LogP contribution in [0.5, 0.6) is 0 Å². The van der Waals surface area contributed by atoms with Gasteiger partial charge in [0.15, 0.2) is 0 Å². The highest BCUT2D eigenvalue weighted by molar-refractivity contribution is 4.65. The lowest BCUT2D eigenvalue weighted by Gasteiger charge is -2.21. The molecule has 0 N–H and O–H groups in total. The molecular formula is C48H99N. The fourth-order valence-corrected chi connectivity index (χ4v) is 8.34. The first-order chi connectivity index (χ1) is 24.1. The van der Waals surface area contributed by atoms with Gasteiger partial charge in [-0.25, -0.2) is 0 Å². The van der Waals surface area contributed by atoms with E-state index in [1.807, 2.05) is 0 Å². The molecule has 0 aromatic rings. The van der Waals surface area contributed by atoms with Gasteiger partial charge in [-0.15, -0.1) is 0 Å². The quantitative estimate of drug-likeness (QED) is 0.0577. The lowest BCUT2D eigenvalue weighted by Crippen LogP contribution is -2.22. The van der Waals surface area contributed by atoms with E-state index in [-0.39, 0.29) is 0 Å². The van der Waals surface area contributed by atoms with E-state index in [0.717, 1.165) is 17.8 Å². The zero-order valence-corrected chi connectivity index (χ0v) is 35.8. The van der Waals surface area contributed by atoms with Gasteiger partial charge in [-0.3, -0.25) is 0 Å². The zero-order chi connectivity index (χ0) is 35.9. The summed E-state index contributed by atoms with van der Waals surface area (Å²) < 4.78 is 0. The van der Waals surface area contributed by atoms with Gasteiger partial charge in [-0.1, -0.05) is 259 Å². The monoisotopic (exact) mass is 690 g/mol. The molecule has 0 saturated heterocycles. The standard InChI is InChI=1S/C48H99N/c1-7-11-15-19-25-31-39-47(37-29-17-13-9-3)40-33-27-23-21-22-24-28-34-44-49(6)45-43-46(5)36-35-42-48(38-30-18-14-10-4)41-32-26-20-16-12-8-2/h46-48H,7-45H2,1-6H3. The van der Waals surface area contributed by atoms with Crippen molar-refractivity contribution in [3.05, 3.63) is 0 Å². The van der Waals surface area contributed by atoms with Crippen LogP contribution >= 0.6 is 0 Å². The van der Waals surface area contributed by atoms with E-state index in [4.69, 9.17) is 0 Å². The summed E-state index contributed by atoms with van der Waals surface area (Å²) in [6.07, 6.45) is 54.1. The molecule has 0 aliphatic rings. The van der Waals surface area contributed by atoms with E-state index in [2.05, 4.69) is 46.6 Å². The van der Waals surface area contributed by atoms with Gasteiger partial charge >= 0.3 is 0 Å². The highest BCUT2D eigenvalue weighted by Crippen LogP contribution is 2.26. The molecule has 0 aliphatic carbocycles. The SMILES string of the molecule is CCCCCCCCC(CCCCCC)CCCCCCCCCCN(C)CCC(C)CCCC(CCCCCC)CCCCCCCC. The van der Waals surface area contributed by atoms with Crippen molar-refractivity contribution in [2.24, 2.45) is 17.8 Å². The summed E-state index contributed by atoms with van der Waals surface area (Å²) >= 11 is 0. The van der Waals surface area contributed by atoms with Gasteiger partial charge < -0.3 is 4.90 Å². The Bertz CT molecular complexity index is 586. The minimum absolute atomic E-state index is 0.893. The number of hydrogen-bond acceptors (Lipinski definition) is 1. The Balaban J connectivity index is 3.91. The summed E-state index contributed by atoms with van der Waals surface area (Å²) in [5.74, 6) is 2.93. The molecule has 3 unspecified atom stereocenters. The first-order valence-corrected chi connectivity index (χ1v) is 23.8. The average Bonchev–Trinajstić information content (AvgIpc) is 3.10. The molecule has 0 fully saturated rings. The van der Waals surface area contributed by atoms with Crippen molar-refractivity contribution < 1.29 is 0 Å². The lowest BCUT2D eigenvalue weighted by molar-refractivity contribution is 0.286. The molecular weight excluding hydrogens is 591 g/mol. The molecule has 296 valence electrons. The van der Waals surface area contributed by atoms with Crippen molar-refractivity contribution in [1.29, 1.82) is 0 Å². The molecule has 0 saturated carbocycles. The zero-order valence-electron chi connectivity index (χ0n) is 35.8. The van der Waals surface area contributed by atoms with Crippen LogP contribution in [0.15, 0.2) is 0 Å². The van der Waals surface area contributed by atoms with Crippen molar-refractivity contribution in [2.75, 3.05) is 20.1 Å². The van der Waals surface area contributed by atoms with Crippen molar-refractivity contribution in [1.82, 2.24) is 4.90 Å². The molecule has 0 spiro atoms. The molecule has 0 aliphatic heterocycles. The topological polar surface area (TPSA) is 3.24 Å². The summed E-state index contributed by atoms with van der Waals surface area (Å²) in [4.78, 5) is 2.63. The molecule has 49 heavy (non-hydrogen) atoms. The van der Waals surface area contributed by atoms with Crippen molar-refractivity contribution >= 4 is 0 Å². The maximum atomic E-state index is 2.63. The molecule has 0 aromatic carbocycles. The van der Waals surface area contributed by atoms with E-state index in [9.17, 15) is 0 Å². The van der Waals surface area contributed by atoms with Gasteiger partial charge in [0.1, 0.15) is 0 Å². The Morgan fingerprint density at radius 2 is 0.571 bits per heavy atom. The number of unbranched alkanes of at least 4 members (excludes halogenated alkanes) is 23. The predicted octanol–water partition coefficient (Wildman–Crippen LogP) is 17.3. The van der Waals surface area contributed by atoms with Crippen molar-refractivity contribution in [3.8, 4) is 0 Å². The predicted molar refractivity (Wildman–Crippen MR) is 227 cm³/mol. The van der Waals surface area contributed by atoms with E-state index in [1.165, 1.54) is 251 Å². The fraction of sp³-hybridized carbons (Fsp3) is 1.00. The Kier molecular flexibility index (Phi) is 40.7. The second-order valence-electron chi connectivity index (χ2n) is 17.3. The van der Waals surface area contributed by atoms with E-state index >= 15 is 0 Å². The van der Waals surface area contributed by atoms with Crippen LogP contribution in [0.25, 0.3) is 0 Å². The molecule has 1 heteroatoms. The lowest BCUT2D eigenvalue weighted by atomic mass is 9.88. The second-order valence-corrected chi connectivity index (χ2v) is 17.3. The molecule has 0 radical (unpaired) electrons. The van der Waals surface area contributed by atoms with Crippen LogP contribution in [0.2, 0.25) is 0 Å². The molecule has 0 amide bonds. The first kappa shape index (κ1) is 49.0. The molecule has 0 heterocycles. The first-order valence-electron chi connectivity index (χ1n) is 23.8. The molecule has 0 rings (SSSR count). The summed E-state index contributed by atoms with van der Waals surface area (Å²) in [5.41, 5.74) is 0. The summed E-state index contributed by atoms with van der Waals surface area (Å²) in [7, 11) is 2.38. The molecule has 1 nitrogen and oxygen atoms in total. The van der Waals surface area contributed by atoms with Crippen LogP contribution in [0.1, 0.15) is 272 Å². The minimum Gasteiger partial charge on any atom is -0.306 e. The highest BCUT2D eigenvalue weighted by atomic mass is 15.1. The van der Waals surface area contributed by atoms with E-state index < -0.39 is 0 Å². The summed E-state index contributed by atoms with van der Waals surface area (Å²) in [6, 6.07) is 0. The van der Waals surface area contributed by atoms with Gasteiger partial charge in [0.25, 0.3) is 0 Å². The van der Waals surface area contributed by atoms with E-state index in [0.29, 0.717) is 0 Å². The maximum Gasteiger partial charge on any atom is -0.00192 e. The summed E-state index contributed by atoms with van der Waals surface area (Å²) in [5, 5.41) is 0. The fourth-order valence-electron chi connectivity index (χ4n) is 8.34. The van der Waals surface area contributed by atoms with Gasteiger partial charge in [0.05, 0.1) is 0 Å². The van der Waals surface area contributed by atoms with E-state index in [1.54, 1.807) is 0 Å². The minimum atomic E-state index is 0.893. The van der Waals surface area contributed by atoms with Crippen LogP contribution < -0.4 is 0 Å². The summed E-state index contributed by atoms with van der Waals surface area (Å²) in [6.45, 7) is 14.5. The van der Waals surface area contributed by atoms with Crippen molar-refractivity contribution in [2.45, 2.75) is 272 Å². The number of rotatable bonds is 42. The molecule has 0 aromatic heterocycles. The number of nitrogens with zero attached hydrogens (tertiary/aromatic N) is 1. The van der Waals surface area contributed by atoms with Gasteiger partial charge in [-0.05, 0) is 50.7 Å². The Morgan fingerprint density at radius 1 is 0.286 bits per heavy atom. The second kappa shape index (κ2) is 40.7. The van der Waals surface area contributed by atoms with Crippen LogP contribution in [0.4, 0.5) is 0 Å². The third-order valence-corrected chi connectivity index (χ3v) is 12.1. The Morgan fingerprint density at radius 3 is 0.939 bits per heavy atom. The Labute approximate surface area is 314 Å². The van der Waals surface area contributed by atoms with Crippen molar-refractivity contribution in [3.63, 3.8) is 0 Å². The largest absolute Gasteiger partial charge is 0.306 e. The van der Waals surface area contributed by atoms with Gasteiger partial charge in [0.2, 0.25) is 0 Å². The molecule has 0 bridgehead atoms. The Hall–Kier alpha value is -0.0400. The van der Waals surface area contributed by atoms with Gasteiger partial charge in [-0.2, -0.15) is 0 Å². The smallest absolute Gasteiger partial charge is 0.00192 e. The van der Waals surface area contributed by atoms with Crippen LogP contribution in [-0.4, -0.2) is 25.0 Å². The third kappa shape index (κ3) is 37.5. The normalized spacial score (nSPS) is 13.8.